The molecule has 1 unspecified atom stereocenters. The maximum Gasteiger partial charge on any atom is 0.321 e. The van der Waals surface area contributed by atoms with Crippen LogP contribution in [-0.4, -0.2) is 22.9 Å². The molecule has 1 atom stereocenters. The van der Waals surface area contributed by atoms with Crippen molar-refractivity contribution in [1.82, 2.24) is 10.6 Å². The zero-order chi connectivity index (χ0) is 12.2. The van der Waals surface area contributed by atoms with Crippen molar-refractivity contribution < 1.29 is 9.59 Å². The van der Waals surface area contributed by atoms with Gasteiger partial charge in [-0.05, 0) is 26.7 Å². The lowest BCUT2D eigenvalue weighted by atomic mass is 9.83. The fraction of sp³-hybridized carbons (Fsp3) is 0.818. The van der Waals surface area contributed by atoms with E-state index in [1.165, 1.54) is 13.3 Å². The predicted octanol–water partition coefficient (Wildman–Crippen LogP) is 2.16. The van der Waals surface area contributed by atoms with E-state index in [-0.39, 0.29) is 5.54 Å². The second kappa shape index (κ2) is 5.53. The van der Waals surface area contributed by atoms with Gasteiger partial charge in [0.05, 0.1) is 0 Å². The molecule has 0 aromatic heterocycles. The van der Waals surface area contributed by atoms with Crippen LogP contribution in [-0.2, 0) is 4.79 Å². The first-order chi connectivity index (χ1) is 7.43. The molecule has 16 heavy (non-hydrogen) atoms. The Kier molecular flexibility index (Phi) is 4.59. The Labute approximate surface area is 101 Å². The molecule has 1 saturated carbocycles. The molecule has 1 fully saturated rings. The van der Waals surface area contributed by atoms with Crippen LogP contribution in [0, 0.1) is 0 Å². The monoisotopic (exact) mass is 246 g/mol. The molecule has 0 aromatic rings. The highest BCUT2D eigenvalue weighted by Crippen LogP contribution is 2.27. The van der Waals surface area contributed by atoms with Crippen molar-refractivity contribution in [2.75, 3.05) is 0 Å². The highest BCUT2D eigenvalue weighted by atomic mass is 35.5. The van der Waals surface area contributed by atoms with Gasteiger partial charge in [0.25, 0.3) is 0 Å². The average molecular weight is 247 g/mol. The third-order valence-electron chi connectivity index (χ3n) is 2.97. The number of carbonyl (C=O) groups excluding carboxylic acids is 2. The molecule has 0 radical (unpaired) electrons. The Morgan fingerprint density at radius 3 is 2.31 bits per heavy atom. The highest BCUT2D eigenvalue weighted by Gasteiger charge is 2.29. The molecule has 0 heterocycles. The van der Waals surface area contributed by atoms with Gasteiger partial charge in [-0.2, -0.15) is 0 Å². The summed E-state index contributed by atoms with van der Waals surface area (Å²) in [5, 5.41) is 4.39. The van der Waals surface area contributed by atoms with Gasteiger partial charge in [0, 0.05) is 5.54 Å². The van der Waals surface area contributed by atoms with Crippen molar-refractivity contribution in [1.29, 1.82) is 0 Å². The quantitative estimate of drug-likeness (QED) is 0.734. The van der Waals surface area contributed by atoms with Gasteiger partial charge in [0.1, 0.15) is 5.38 Å². The SMILES string of the molecule is CC(Cl)C(=O)NC(=O)NC1(C)CCCCC1. The van der Waals surface area contributed by atoms with E-state index in [1.807, 2.05) is 6.92 Å². The number of hydrogen-bond donors (Lipinski definition) is 2. The van der Waals surface area contributed by atoms with Crippen LogP contribution in [0.2, 0.25) is 0 Å². The second-order valence-electron chi connectivity index (χ2n) is 4.68. The molecule has 1 rings (SSSR count). The zero-order valence-electron chi connectivity index (χ0n) is 9.81. The number of alkyl halides is 1. The predicted molar refractivity (Wildman–Crippen MR) is 63.5 cm³/mol. The molecule has 0 spiro atoms. The molecule has 3 amide bonds. The molecule has 2 N–H and O–H groups in total. The number of imide groups is 1. The third-order valence-corrected chi connectivity index (χ3v) is 3.17. The zero-order valence-corrected chi connectivity index (χ0v) is 10.6. The normalized spacial score (nSPS) is 20.9. The van der Waals surface area contributed by atoms with Crippen LogP contribution in [0.4, 0.5) is 4.79 Å². The summed E-state index contributed by atoms with van der Waals surface area (Å²) in [6.07, 6.45) is 5.39. The number of urea groups is 1. The van der Waals surface area contributed by atoms with E-state index in [2.05, 4.69) is 10.6 Å². The summed E-state index contributed by atoms with van der Waals surface area (Å²) in [5.41, 5.74) is -0.182. The van der Waals surface area contributed by atoms with E-state index in [0.29, 0.717) is 0 Å². The molecule has 1 aliphatic rings. The van der Waals surface area contributed by atoms with Crippen molar-refractivity contribution in [3.63, 3.8) is 0 Å². The van der Waals surface area contributed by atoms with Crippen LogP contribution >= 0.6 is 11.6 Å². The molecule has 4 nitrogen and oxygen atoms in total. The van der Waals surface area contributed by atoms with Gasteiger partial charge in [0.15, 0.2) is 0 Å². The number of rotatable bonds is 2. The summed E-state index contributed by atoms with van der Waals surface area (Å²) in [6.45, 7) is 3.55. The molecule has 0 bridgehead atoms. The van der Waals surface area contributed by atoms with Crippen molar-refractivity contribution in [3.05, 3.63) is 0 Å². The van der Waals surface area contributed by atoms with Crippen LogP contribution in [0.1, 0.15) is 46.0 Å². The third kappa shape index (κ3) is 4.00. The van der Waals surface area contributed by atoms with E-state index in [4.69, 9.17) is 11.6 Å². The van der Waals surface area contributed by atoms with Gasteiger partial charge < -0.3 is 5.32 Å². The van der Waals surface area contributed by atoms with E-state index >= 15 is 0 Å². The van der Waals surface area contributed by atoms with Crippen molar-refractivity contribution in [3.8, 4) is 0 Å². The molecule has 0 saturated heterocycles. The number of carbonyl (C=O) groups is 2. The van der Waals surface area contributed by atoms with Crippen molar-refractivity contribution >= 4 is 23.5 Å². The Hall–Kier alpha value is -0.770. The van der Waals surface area contributed by atoms with Crippen LogP contribution in [0.3, 0.4) is 0 Å². The van der Waals surface area contributed by atoms with E-state index < -0.39 is 17.3 Å². The fourth-order valence-corrected chi connectivity index (χ4v) is 2.03. The summed E-state index contributed by atoms with van der Waals surface area (Å²) in [6, 6.07) is -0.443. The Balaban J connectivity index is 2.41. The highest BCUT2D eigenvalue weighted by molar-refractivity contribution is 6.31. The number of hydrogen-bond acceptors (Lipinski definition) is 2. The van der Waals surface area contributed by atoms with E-state index in [0.717, 1.165) is 25.7 Å². The second-order valence-corrected chi connectivity index (χ2v) is 5.34. The molecule has 0 aromatic carbocycles. The molecular weight excluding hydrogens is 228 g/mol. The standard InChI is InChI=1S/C11H19ClN2O2/c1-8(12)9(15)13-10(16)14-11(2)6-4-3-5-7-11/h8H,3-7H2,1-2H3,(H2,13,14,15,16). The number of amides is 3. The van der Waals surface area contributed by atoms with Gasteiger partial charge in [-0.15, -0.1) is 11.6 Å². The lowest BCUT2D eigenvalue weighted by molar-refractivity contribution is -0.119. The average Bonchev–Trinajstić information content (AvgIpc) is 2.17. The maximum absolute atomic E-state index is 11.5. The Morgan fingerprint density at radius 1 is 1.25 bits per heavy atom. The van der Waals surface area contributed by atoms with Gasteiger partial charge in [0.2, 0.25) is 5.91 Å². The van der Waals surface area contributed by atoms with Gasteiger partial charge >= 0.3 is 6.03 Å². The van der Waals surface area contributed by atoms with Gasteiger partial charge in [-0.3, -0.25) is 10.1 Å². The van der Waals surface area contributed by atoms with Gasteiger partial charge in [-0.1, -0.05) is 19.3 Å². The summed E-state index contributed by atoms with van der Waals surface area (Å²) >= 11 is 5.56. The summed E-state index contributed by atoms with van der Waals surface area (Å²) < 4.78 is 0. The van der Waals surface area contributed by atoms with Gasteiger partial charge in [-0.25, -0.2) is 4.79 Å². The topological polar surface area (TPSA) is 58.2 Å². The largest absolute Gasteiger partial charge is 0.333 e. The van der Waals surface area contributed by atoms with Crippen molar-refractivity contribution in [2.45, 2.75) is 56.9 Å². The van der Waals surface area contributed by atoms with Crippen LogP contribution < -0.4 is 10.6 Å². The minimum absolute atomic E-state index is 0.182. The smallest absolute Gasteiger partial charge is 0.321 e. The lowest BCUT2D eigenvalue weighted by Crippen LogP contribution is -2.53. The van der Waals surface area contributed by atoms with Crippen LogP contribution in [0.5, 0.6) is 0 Å². The summed E-state index contributed by atoms with van der Waals surface area (Å²) in [7, 11) is 0. The molecule has 5 heteroatoms. The summed E-state index contributed by atoms with van der Waals surface area (Å²) in [5.74, 6) is -0.460. The summed E-state index contributed by atoms with van der Waals surface area (Å²) in [4.78, 5) is 22.7. The first kappa shape index (κ1) is 13.3. The minimum Gasteiger partial charge on any atom is -0.333 e. The Bertz CT molecular complexity index is 273. The lowest BCUT2D eigenvalue weighted by Gasteiger charge is -2.34. The first-order valence-electron chi connectivity index (χ1n) is 5.70. The van der Waals surface area contributed by atoms with Crippen molar-refractivity contribution in [2.24, 2.45) is 0 Å². The maximum atomic E-state index is 11.5. The fourth-order valence-electron chi connectivity index (χ4n) is 1.97. The molecule has 1 aliphatic carbocycles. The number of halogens is 1. The van der Waals surface area contributed by atoms with E-state index in [1.54, 1.807) is 0 Å². The van der Waals surface area contributed by atoms with Crippen LogP contribution in [0.25, 0.3) is 0 Å². The van der Waals surface area contributed by atoms with E-state index in [9.17, 15) is 9.59 Å². The minimum atomic E-state index is -0.690. The van der Waals surface area contributed by atoms with Crippen LogP contribution in [0.15, 0.2) is 0 Å². The Morgan fingerprint density at radius 2 is 1.81 bits per heavy atom. The molecule has 92 valence electrons. The first-order valence-corrected chi connectivity index (χ1v) is 6.14. The molecular formula is C11H19ClN2O2. The molecule has 0 aliphatic heterocycles. The number of nitrogens with one attached hydrogen (secondary N) is 2.